The second-order valence-corrected chi connectivity index (χ2v) is 8.63. The highest BCUT2D eigenvalue weighted by Crippen LogP contribution is 2.35. The van der Waals surface area contributed by atoms with E-state index < -0.39 is 23.3 Å². The molecule has 1 fully saturated rings. The lowest BCUT2D eigenvalue weighted by Gasteiger charge is -2.32. The van der Waals surface area contributed by atoms with Crippen LogP contribution in [0.1, 0.15) is 41.4 Å². The van der Waals surface area contributed by atoms with Gasteiger partial charge in [0.05, 0.1) is 5.56 Å². The van der Waals surface area contributed by atoms with Crippen molar-refractivity contribution in [3.05, 3.63) is 45.8 Å². The van der Waals surface area contributed by atoms with Gasteiger partial charge in [0.15, 0.2) is 16.5 Å². The molecule has 4 rings (SSSR count). The minimum absolute atomic E-state index is 0.183. The number of carbonyl (C=O) groups excluding carboxylic acids is 2. The highest BCUT2D eigenvalue weighted by atomic mass is 35.5. The Bertz CT molecular complexity index is 1160. The standard InChI is InChI=1S/C20H19ClF3N5O2S/c1-2-3-4-12-9-13(20(22,23)24)17-26-15(16(21)29(17)10-12)18(31)27-6-7-28(14(30)11-27)19-25-5-8-32-19/h5,8-10H,2-4,6-7,11H2,1H3. The Morgan fingerprint density at radius 2 is 2.09 bits per heavy atom. The molecule has 0 radical (unpaired) electrons. The van der Waals surface area contributed by atoms with Crippen LogP contribution >= 0.6 is 22.9 Å². The molecule has 170 valence electrons. The van der Waals surface area contributed by atoms with E-state index in [9.17, 15) is 22.8 Å². The highest BCUT2D eigenvalue weighted by Gasteiger charge is 2.37. The van der Waals surface area contributed by atoms with Gasteiger partial charge >= 0.3 is 6.18 Å². The molecule has 7 nitrogen and oxygen atoms in total. The monoisotopic (exact) mass is 485 g/mol. The Balaban J connectivity index is 1.66. The molecule has 0 spiro atoms. The predicted octanol–water partition coefficient (Wildman–Crippen LogP) is 4.29. The summed E-state index contributed by atoms with van der Waals surface area (Å²) >= 11 is 7.63. The summed E-state index contributed by atoms with van der Waals surface area (Å²) in [6, 6.07) is 1.05. The number of imidazole rings is 1. The van der Waals surface area contributed by atoms with E-state index in [0.29, 0.717) is 23.5 Å². The third-order valence-electron chi connectivity index (χ3n) is 5.20. The van der Waals surface area contributed by atoms with Crippen molar-refractivity contribution in [3.63, 3.8) is 0 Å². The molecule has 1 saturated heterocycles. The molecular formula is C20H19ClF3N5O2S. The molecule has 0 aromatic carbocycles. The maximum Gasteiger partial charge on any atom is 0.419 e. The number of rotatable bonds is 5. The van der Waals surface area contributed by atoms with Gasteiger partial charge in [0.1, 0.15) is 11.7 Å². The van der Waals surface area contributed by atoms with Crippen LogP contribution in [0.4, 0.5) is 18.3 Å². The van der Waals surface area contributed by atoms with Crippen LogP contribution in [0.3, 0.4) is 0 Å². The molecule has 0 unspecified atom stereocenters. The van der Waals surface area contributed by atoms with Gasteiger partial charge in [0.25, 0.3) is 5.91 Å². The van der Waals surface area contributed by atoms with Crippen molar-refractivity contribution in [2.45, 2.75) is 32.4 Å². The molecule has 4 heterocycles. The SMILES string of the molecule is CCCCc1cc(C(F)(F)F)c2nc(C(=O)N3CCN(c4nccs4)C(=O)C3)c(Cl)n2c1. The van der Waals surface area contributed by atoms with Crippen LogP contribution in [0.5, 0.6) is 0 Å². The third kappa shape index (κ3) is 4.18. The number of aromatic nitrogens is 3. The Kier molecular flexibility index (Phi) is 6.13. The van der Waals surface area contributed by atoms with Crippen molar-refractivity contribution in [1.29, 1.82) is 0 Å². The van der Waals surface area contributed by atoms with E-state index >= 15 is 0 Å². The molecule has 3 aromatic heterocycles. The normalized spacial score (nSPS) is 15.1. The summed E-state index contributed by atoms with van der Waals surface area (Å²) in [5.74, 6) is -1.02. The van der Waals surface area contributed by atoms with Gasteiger partial charge in [-0.25, -0.2) is 9.97 Å². The van der Waals surface area contributed by atoms with E-state index in [2.05, 4.69) is 9.97 Å². The lowest BCUT2D eigenvalue weighted by molar-refractivity contribution is -0.136. The minimum atomic E-state index is -4.66. The van der Waals surface area contributed by atoms with Crippen LogP contribution in [0, 0.1) is 0 Å². The number of halogens is 4. The van der Waals surface area contributed by atoms with Crippen LogP contribution in [0.2, 0.25) is 5.15 Å². The minimum Gasteiger partial charge on any atom is -0.326 e. The average Bonchev–Trinajstić information content (AvgIpc) is 3.39. The lowest BCUT2D eigenvalue weighted by Crippen LogP contribution is -2.52. The molecule has 0 aliphatic carbocycles. The fraction of sp³-hybridized carbons (Fsp3) is 0.400. The number of hydrogen-bond donors (Lipinski definition) is 0. The van der Waals surface area contributed by atoms with Crippen LogP contribution in [-0.4, -0.2) is 50.7 Å². The summed E-state index contributed by atoms with van der Waals surface area (Å²) < 4.78 is 42.2. The van der Waals surface area contributed by atoms with Gasteiger partial charge in [0.2, 0.25) is 5.91 Å². The second-order valence-electron chi connectivity index (χ2n) is 7.39. The molecule has 1 aliphatic rings. The predicted molar refractivity (Wildman–Crippen MR) is 114 cm³/mol. The Morgan fingerprint density at radius 1 is 1.31 bits per heavy atom. The second kappa shape index (κ2) is 8.70. The summed E-state index contributed by atoms with van der Waals surface area (Å²) in [6.07, 6.45) is 0.384. The summed E-state index contributed by atoms with van der Waals surface area (Å²) in [7, 11) is 0. The lowest BCUT2D eigenvalue weighted by atomic mass is 10.1. The molecule has 32 heavy (non-hydrogen) atoms. The Morgan fingerprint density at radius 3 is 2.72 bits per heavy atom. The number of hydrogen-bond acceptors (Lipinski definition) is 5. The highest BCUT2D eigenvalue weighted by molar-refractivity contribution is 7.13. The number of anilines is 1. The van der Waals surface area contributed by atoms with Crippen molar-refractivity contribution in [1.82, 2.24) is 19.3 Å². The van der Waals surface area contributed by atoms with E-state index in [1.54, 1.807) is 11.6 Å². The first-order valence-corrected chi connectivity index (χ1v) is 11.2. The van der Waals surface area contributed by atoms with Gasteiger partial charge in [-0.15, -0.1) is 11.3 Å². The van der Waals surface area contributed by atoms with Crippen LogP contribution in [0.15, 0.2) is 23.8 Å². The molecule has 12 heteroatoms. The van der Waals surface area contributed by atoms with Crippen molar-refractivity contribution in [2.24, 2.45) is 0 Å². The van der Waals surface area contributed by atoms with Crippen LogP contribution in [0.25, 0.3) is 5.65 Å². The van der Waals surface area contributed by atoms with E-state index in [1.165, 1.54) is 27.3 Å². The maximum absolute atomic E-state index is 13.7. The number of unbranched alkanes of at least 4 members (excludes halogenated alkanes) is 1. The Labute approximate surface area is 190 Å². The quantitative estimate of drug-likeness (QED) is 0.540. The maximum atomic E-state index is 13.7. The first-order chi connectivity index (χ1) is 15.2. The number of nitrogens with zero attached hydrogens (tertiary/aromatic N) is 5. The molecule has 0 N–H and O–H groups in total. The molecule has 0 saturated carbocycles. The van der Waals surface area contributed by atoms with Gasteiger partial charge in [-0.1, -0.05) is 24.9 Å². The van der Waals surface area contributed by atoms with Crippen molar-refractivity contribution < 1.29 is 22.8 Å². The number of fused-ring (bicyclic) bond motifs is 1. The summed E-state index contributed by atoms with van der Waals surface area (Å²) in [5, 5.41) is 2.06. The molecule has 0 atom stereocenters. The third-order valence-corrected chi connectivity index (χ3v) is 6.36. The van der Waals surface area contributed by atoms with E-state index in [4.69, 9.17) is 11.6 Å². The zero-order chi connectivity index (χ0) is 23.0. The fourth-order valence-electron chi connectivity index (χ4n) is 3.58. The van der Waals surface area contributed by atoms with E-state index in [-0.39, 0.29) is 36.4 Å². The Hall–Kier alpha value is -2.66. The van der Waals surface area contributed by atoms with E-state index in [0.717, 1.165) is 16.9 Å². The largest absolute Gasteiger partial charge is 0.419 e. The first kappa shape index (κ1) is 22.5. The van der Waals surface area contributed by atoms with Gasteiger partial charge in [-0.2, -0.15) is 13.2 Å². The topological polar surface area (TPSA) is 70.8 Å². The van der Waals surface area contributed by atoms with E-state index in [1.807, 2.05) is 6.92 Å². The number of piperazine rings is 1. The van der Waals surface area contributed by atoms with Gasteiger partial charge in [-0.05, 0) is 24.5 Å². The first-order valence-electron chi connectivity index (χ1n) is 9.97. The number of alkyl halides is 3. The number of pyridine rings is 1. The number of carbonyl (C=O) groups is 2. The van der Waals surface area contributed by atoms with Crippen LogP contribution in [-0.2, 0) is 17.4 Å². The fourth-order valence-corrected chi connectivity index (χ4v) is 4.52. The summed E-state index contributed by atoms with van der Waals surface area (Å²) in [5.41, 5.74) is -1.23. The summed E-state index contributed by atoms with van der Waals surface area (Å²) in [6.45, 7) is 2.11. The number of aryl methyl sites for hydroxylation is 1. The molecule has 2 amide bonds. The number of thiazole rings is 1. The van der Waals surface area contributed by atoms with Crippen molar-refractivity contribution in [2.75, 3.05) is 24.5 Å². The molecule has 3 aromatic rings. The van der Waals surface area contributed by atoms with Gasteiger partial charge in [0, 0.05) is 30.9 Å². The van der Waals surface area contributed by atoms with Crippen LogP contribution < -0.4 is 4.90 Å². The number of amides is 2. The van der Waals surface area contributed by atoms with Gasteiger partial charge in [-0.3, -0.25) is 18.9 Å². The molecular weight excluding hydrogens is 467 g/mol. The zero-order valence-corrected chi connectivity index (χ0v) is 18.6. The zero-order valence-electron chi connectivity index (χ0n) is 17.0. The molecule has 0 bridgehead atoms. The molecule has 1 aliphatic heterocycles. The summed E-state index contributed by atoms with van der Waals surface area (Å²) in [4.78, 5) is 36.3. The van der Waals surface area contributed by atoms with Crippen molar-refractivity contribution >= 4 is 45.5 Å². The van der Waals surface area contributed by atoms with Crippen molar-refractivity contribution in [3.8, 4) is 0 Å². The van der Waals surface area contributed by atoms with Gasteiger partial charge < -0.3 is 4.90 Å². The smallest absolute Gasteiger partial charge is 0.326 e. The average molecular weight is 486 g/mol.